The number of benzene rings is 1. The lowest BCUT2D eigenvalue weighted by Crippen LogP contribution is -2.18. The highest BCUT2D eigenvalue weighted by molar-refractivity contribution is 7.90. The molecule has 0 radical (unpaired) electrons. The van der Waals surface area contributed by atoms with Crippen molar-refractivity contribution >= 4 is 9.84 Å². The number of rotatable bonds is 4. The molecule has 1 rings (SSSR count). The molecule has 1 aromatic rings. The van der Waals surface area contributed by atoms with E-state index in [9.17, 15) is 8.42 Å². The van der Waals surface area contributed by atoms with Gasteiger partial charge in [-0.2, -0.15) is 0 Å². The maximum absolute atomic E-state index is 11.4. The quantitative estimate of drug-likeness (QED) is 0.878. The highest BCUT2D eigenvalue weighted by Gasteiger charge is 2.15. The molecule has 90 valence electrons. The van der Waals surface area contributed by atoms with Crippen molar-refractivity contribution in [3.8, 4) is 0 Å². The Morgan fingerprint density at radius 2 is 2.00 bits per heavy atom. The van der Waals surface area contributed by atoms with Crippen LogP contribution in [0.5, 0.6) is 0 Å². The predicted octanol–water partition coefficient (Wildman–Crippen LogP) is 2.14. The summed E-state index contributed by atoms with van der Waals surface area (Å²) in [7, 11) is -3.15. The average molecular weight is 241 g/mol. The van der Waals surface area contributed by atoms with Crippen LogP contribution < -0.4 is 5.73 Å². The van der Waals surface area contributed by atoms with Gasteiger partial charge in [-0.15, -0.1) is 0 Å². The monoisotopic (exact) mass is 241 g/mol. The van der Waals surface area contributed by atoms with Crippen LogP contribution in [0.3, 0.4) is 0 Å². The van der Waals surface area contributed by atoms with Crippen molar-refractivity contribution in [1.82, 2.24) is 0 Å². The first-order valence-electron chi connectivity index (χ1n) is 5.42. The van der Waals surface area contributed by atoms with Gasteiger partial charge in [0, 0.05) is 12.3 Å². The van der Waals surface area contributed by atoms with Crippen LogP contribution >= 0.6 is 0 Å². The molecule has 0 amide bonds. The fourth-order valence-corrected chi connectivity index (χ4v) is 2.21. The van der Waals surface area contributed by atoms with E-state index < -0.39 is 9.84 Å². The van der Waals surface area contributed by atoms with Gasteiger partial charge in [-0.3, -0.25) is 0 Å². The lowest BCUT2D eigenvalue weighted by Gasteiger charge is -2.19. The predicted molar refractivity (Wildman–Crippen MR) is 65.9 cm³/mol. The molecule has 1 aromatic carbocycles. The molecule has 4 heteroatoms. The minimum absolute atomic E-state index is 0.105. The Labute approximate surface area is 97.6 Å². The maximum atomic E-state index is 11.4. The van der Waals surface area contributed by atoms with E-state index in [2.05, 4.69) is 13.8 Å². The van der Waals surface area contributed by atoms with E-state index in [0.717, 1.165) is 12.0 Å². The van der Waals surface area contributed by atoms with E-state index in [1.54, 1.807) is 18.2 Å². The van der Waals surface area contributed by atoms with Crippen molar-refractivity contribution in [2.45, 2.75) is 31.2 Å². The maximum Gasteiger partial charge on any atom is 0.175 e. The summed E-state index contributed by atoms with van der Waals surface area (Å²) in [5.41, 5.74) is 6.95. The summed E-state index contributed by atoms with van der Waals surface area (Å²) in [5.74, 6) is 0.342. The molecule has 0 fully saturated rings. The Balaban J connectivity index is 3.08. The summed E-state index contributed by atoms with van der Waals surface area (Å²) in [5, 5.41) is 0. The van der Waals surface area contributed by atoms with E-state index in [0.29, 0.717) is 10.8 Å². The van der Waals surface area contributed by atoms with Crippen LogP contribution in [0.25, 0.3) is 0 Å². The molecule has 2 N–H and O–H groups in total. The van der Waals surface area contributed by atoms with Gasteiger partial charge >= 0.3 is 0 Å². The third-order valence-electron chi connectivity index (χ3n) is 2.93. The second-order valence-electron chi connectivity index (χ2n) is 4.26. The van der Waals surface area contributed by atoms with E-state index in [1.165, 1.54) is 6.26 Å². The molecule has 0 bridgehead atoms. The van der Waals surface area contributed by atoms with Gasteiger partial charge in [-0.05, 0) is 23.6 Å². The van der Waals surface area contributed by atoms with Crippen LogP contribution in [0.4, 0.5) is 0 Å². The molecule has 0 saturated carbocycles. The minimum atomic E-state index is -3.15. The molecule has 0 aliphatic heterocycles. The summed E-state index contributed by atoms with van der Waals surface area (Å²) in [6.07, 6.45) is 2.19. The SMILES string of the molecule is CCC(C)C(N)c1cccc(S(C)(=O)=O)c1. The molecule has 0 saturated heterocycles. The zero-order chi connectivity index (χ0) is 12.3. The van der Waals surface area contributed by atoms with Crippen molar-refractivity contribution in [1.29, 1.82) is 0 Å². The zero-order valence-electron chi connectivity index (χ0n) is 9.97. The Hall–Kier alpha value is -0.870. The van der Waals surface area contributed by atoms with Crippen LogP contribution in [0, 0.1) is 5.92 Å². The largest absolute Gasteiger partial charge is 0.324 e. The van der Waals surface area contributed by atoms with E-state index in [-0.39, 0.29) is 6.04 Å². The van der Waals surface area contributed by atoms with E-state index >= 15 is 0 Å². The van der Waals surface area contributed by atoms with Gasteiger partial charge in [0.05, 0.1) is 4.90 Å². The highest BCUT2D eigenvalue weighted by Crippen LogP contribution is 2.23. The smallest absolute Gasteiger partial charge is 0.175 e. The lowest BCUT2D eigenvalue weighted by atomic mass is 9.93. The van der Waals surface area contributed by atoms with Crippen LogP contribution in [-0.2, 0) is 9.84 Å². The van der Waals surface area contributed by atoms with Crippen LogP contribution in [0.15, 0.2) is 29.2 Å². The van der Waals surface area contributed by atoms with E-state index in [4.69, 9.17) is 5.73 Å². The Morgan fingerprint density at radius 1 is 1.38 bits per heavy atom. The second kappa shape index (κ2) is 4.97. The van der Waals surface area contributed by atoms with Gasteiger partial charge in [0.25, 0.3) is 0 Å². The zero-order valence-corrected chi connectivity index (χ0v) is 10.8. The lowest BCUT2D eigenvalue weighted by molar-refractivity contribution is 0.456. The molecular weight excluding hydrogens is 222 g/mol. The van der Waals surface area contributed by atoms with Crippen molar-refractivity contribution in [2.75, 3.05) is 6.26 Å². The summed E-state index contributed by atoms with van der Waals surface area (Å²) in [4.78, 5) is 0.337. The first-order chi connectivity index (χ1) is 7.36. The van der Waals surface area contributed by atoms with Gasteiger partial charge in [0.15, 0.2) is 9.84 Å². The average Bonchev–Trinajstić information content (AvgIpc) is 2.26. The Bertz CT molecular complexity index is 454. The molecule has 0 heterocycles. The molecule has 0 spiro atoms. The molecule has 16 heavy (non-hydrogen) atoms. The fraction of sp³-hybridized carbons (Fsp3) is 0.500. The number of hydrogen-bond donors (Lipinski definition) is 1. The van der Waals surface area contributed by atoms with Crippen LogP contribution in [0.1, 0.15) is 31.9 Å². The normalized spacial score (nSPS) is 15.8. The molecule has 3 nitrogen and oxygen atoms in total. The first kappa shape index (κ1) is 13.2. The van der Waals surface area contributed by atoms with Crippen LogP contribution in [0.2, 0.25) is 0 Å². The molecule has 0 aromatic heterocycles. The van der Waals surface area contributed by atoms with Gasteiger partial charge in [-0.25, -0.2) is 8.42 Å². The molecule has 0 aliphatic rings. The molecule has 2 atom stereocenters. The summed E-state index contributed by atoms with van der Waals surface area (Å²) in [6, 6.07) is 6.79. The minimum Gasteiger partial charge on any atom is -0.324 e. The first-order valence-corrected chi connectivity index (χ1v) is 7.31. The molecule has 2 unspecified atom stereocenters. The highest BCUT2D eigenvalue weighted by atomic mass is 32.2. The topological polar surface area (TPSA) is 60.2 Å². The summed E-state index contributed by atoms with van der Waals surface area (Å²) >= 11 is 0. The third-order valence-corrected chi connectivity index (χ3v) is 4.04. The Morgan fingerprint density at radius 3 is 2.50 bits per heavy atom. The molecule has 0 aliphatic carbocycles. The van der Waals surface area contributed by atoms with Gasteiger partial charge in [0.1, 0.15) is 0 Å². The van der Waals surface area contributed by atoms with Gasteiger partial charge in [0.2, 0.25) is 0 Å². The molecular formula is C12H19NO2S. The number of sulfone groups is 1. The van der Waals surface area contributed by atoms with Gasteiger partial charge < -0.3 is 5.73 Å². The van der Waals surface area contributed by atoms with E-state index in [1.807, 2.05) is 6.07 Å². The fourth-order valence-electron chi connectivity index (χ4n) is 1.53. The number of hydrogen-bond acceptors (Lipinski definition) is 3. The van der Waals surface area contributed by atoms with Crippen molar-refractivity contribution in [2.24, 2.45) is 11.7 Å². The van der Waals surface area contributed by atoms with Crippen LogP contribution in [-0.4, -0.2) is 14.7 Å². The van der Waals surface area contributed by atoms with Crippen molar-refractivity contribution in [3.63, 3.8) is 0 Å². The third kappa shape index (κ3) is 3.06. The van der Waals surface area contributed by atoms with Crippen molar-refractivity contribution in [3.05, 3.63) is 29.8 Å². The Kier molecular flexibility index (Phi) is 4.10. The summed E-state index contributed by atoms with van der Waals surface area (Å²) < 4.78 is 22.8. The summed E-state index contributed by atoms with van der Waals surface area (Å²) in [6.45, 7) is 4.14. The standard InChI is InChI=1S/C12H19NO2S/c1-4-9(2)12(13)10-6-5-7-11(8-10)16(3,14)15/h5-9,12H,4,13H2,1-3H3. The number of nitrogens with two attached hydrogens (primary N) is 1. The van der Waals surface area contributed by atoms with Crippen molar-refractivity contribution < 1.29 is 8.42 Å². The van der Waals surface area contributed by atoms with Gasteiger partial charge in [-0.1, -0.05) is 32.4 Å². The second-order valence-corrected chi connectivity index (χ2v) is 6.27.